The molecule has 1 aliphatic rings. The zero-order chi connectivity index (χ0) is 23.3. The number of carbonyl (C=O) groups is 1. The Bertz CT molecular complexity index is 1410. The molecule has 1 amide bonds. The minimum Gasteiger partial charge on any atom is -0.381 e. The molecular formula is C26H26N4O2S. The van der Waals surface area contributed by atoms with Crippen LogP contribution in [0, 0.1) is 6.92 Å². The zero-order valence-electron chi connectivity index (χ0n) is 18.8. The van der Waals surface area contributed by atoms with Crippen molar-refractivity contribution >= 4 is 49.6 Å². The molecule has 4 aromatic rings. The number of aryl methyl sites for hydroxylation is 1. The Morgan fingerprint density at radius 3 is 2.88 bits per heavy atom. The fourth-order valence-corrected chi connectivity index (χ4v) is 5.43. The van der Waals surface area contributed by atoms with Gasteiger partial charge < -0.3 is 20.6 Å². The number of pyridine rings is 1. The SMILES string of the molecule is C=CC(O)N(C)c1cc(-c2ccc3c(ccc4sc5c(c43)NCC(C)NC5=O)n2)ccc1C. The molecule has 2 atom stereocenters. The zero-order valence-corrected chi connectivity index (χ0v) is 19.7. The normalized spacial score (nSPS) is 16.6. The van der Waals surface area contributed by atoms with Crippen molar-refractivity contribution in [2.75, 3.05) is 23.8 Å². The molecule has 3 heterocycles. The van der Waals surface area contributed by atoms with Gasteiger partial charge in [-0.1, -0.05) is 18.7 Å². The van der Waals surface area contributed by atoms with Crippen molar-refractivity contribution in [3.05, 3.63) is 65.6 Å². The molecule has 1 aliphatic heterocycles. The lowest BCUT2D eigenvalue weighted by atomic mass is 10.0. The van der Waals surface area contributed by atoms with Gasteiger partial charge in [0.25, 0.3) is 5.91 Å². The highest BCUT2D eigenvalue weighted by Gasteiger charge is 2.24. The second-order valence-electron chi connectivity index (χ2n) is 8.52. The monoisotopic (exact) mass is 458 g/mol. The summed E-state index contributed by atoms with van der Waals surface area (Å²) < 4.78 is 1.07. The second-order valence-corrected chi connectivity index (χ2v) is 9.58. The number of aromatic nitrogens is 1. The van der Waals surface area contributed by atoms with E-state index in [4.69, 9.17) is 4.98 Å². The lowest BCUT2D eigenvalue weighted by Crippen LogP contribution is -2.34. The Morgan fingerprint density at radius 2 is 2.09 bits per heavy atom. The third-order valence-corrected chi connectivity index (χ3v) is 7.34. The molecule has 2 aromatic heterocycles. The predicted octanol–water partition coefficient (Wildman–Crippen LogP) is 4.91. The van der Waals surface area contributed by atoms with Crippen LogP contribution in [0.5, 0.6) is 0 Å². The van der Waals surface area contributed by atoms with E-state index in [0.717, 1.165) is 54.1 Å². The van der Waals surface area contributed by atoms with Gasteiger partial charge in [0.1, 0.15) is 11.1 Å². The Hall–Kier alpha value is -3.42. The Labute approximate surface area is 196 Å². The number of anilines is 2. The smallest absolute Gasteiger partial charge is 0.263 e. The minimum atomic E-state index is -0.766. The van der Waals surface area contributed by atoms with Gasteiger partial charge in [-0.25, -0.2) is 4.98 Å². The van der Waals surface area contributed by atoms with Crippen molar-refractivity contribution in [1.82, 2.24) is 10.3 Å². The summed E-state index contributed by atoms with van der Waals surface area (Å²) in [6, 6.07) is 14.4. The van der Waals surface area contributed by atoms with Crippen LogP contribution in [-0.2, 0) is 0 Å². The topological polar surface area (TPSA) is 77.5 Å². The summed E-state index contributed by atoms with van der Waals surface area (Å²) in [6.07, 6.45) is 0.739. The first-order valence-corrected chi connectivity index (χ1v) is 11.7. The Morgan fingerprint density at radius 1 is 1.27 bits per heavy atom. The van der Waals surface area contributed by atoms with Crippen LogP contribution in [0.15, 0.2) is 55.1 Å². The summed E-state index contributed by atoms with van der Waals surface area (Å²) in [5, 5.41) is 18.8. The van der Waals surface area contributed by atoms with Crippen molar-refractivity contribution < 1.29 is 9.90 Å². The summed E-state index contributed by atoms with van der Waals surface area (Å²) >= 11 is 1.51. The molecule has 0 aliphatic carbocycles. The van der Waals surface area contributed by atoms with E-state index in [-0.39, 0.29) is 11.9 Å². The van der Waals surface area contributed by atoms with Crippen LogP contribution in [0.1, 0.15) is 22.2 Å². The van der Waals surface area contributed by atoms with Crippen LogP contribution in [0.25, 0.3) is 32.2 Å². The molecule has 3 N–H and O–H groups in total. The summed E-state index contributed by atoms with van der Waals surface area (Å²) in [5.74, 6) is -0.0283. The molecule has 0 fully saturated rings. The second kappa shape index (κ2) is 8.17. The molecule has 5 rings (SSSR count). The highest BCUT2D eigenvalue weighted by Crippen LogP contribution is 2.41. The minimum absolute atomic E-state index is 0.0283. The van der Waals surface area contributed by atoms with Crippen LogP contribution < -0.4 is 15.5 Å². The predicted molar refractivity (Wildman–Crippen MR) is 137 cm³/mol. The third-order valence-electron chi connectivity index (χ3n) is 6.18. The molecule has 2 unspecified atom stereocenters. The van der Waals surface area contributed by atoms with E-state index < -0.39 is 6.23 Å². The van der Waals surface area contributed by atoms with Crippen molar-refractivity contribution in [3.8, 4) is 11.3 Å². The molecule has 7 heteroatoms. The summed E-state index contributed by atoms with van der Waals surface area (Å²) in [6.45, 7) is 8.38. The number of rotatable bonds is 4. The average Bonchev–Trinajstić information content (AvgIpc) is 3.14. The van der Waals surface area contributed by atoms with Gasteiger partial charge in [0, 0.05) is 46.4 Å². The Kier molecular flexibility index (Phi) is 5.31. The molecule has 0 bridgehead atoms. The van der Waals surface area contributed by atoms with E-state index in [1.54, 1.807) is 4.90 Å². The van der Waals surface area contributed by atoms with Crippen LogP contribution in [0.2, 0.25) is 0 Å². The lowest BCUT2D eigenvalue weighted by Gasteiger charge is -2.25. The molecular weight excluding hydrogens is 432 g/mol. The molecule has 0 saturated carbocycles. The molecule has 2 aromatic carbocycles. The van der Waals surface area contributed by atoms with E-state index in [9.17, 15) is 9.90 Å². The standard InChI is InChI=1S/C26H26N4O2S/c1-5-22(31)30(4)20-12-16(7-6-14(20)2)18-9-8-17-19(29-18)10-11-21-23(17)24-25(33-21)26(32)28-15(3)13-27-24/h5-12,15,22,27,31H,1,13H2,2-4H3,(H,28,32). The summed E-state index contributed by atoms with van der Waals surface area (Å²) in [7, 11) is 1.84. The van der Waals surface area contributed by atoms with Crippen molar-refractivity contribution in [2.45, 2.75) is 26.1 Å². The fourth-order valence-electron chi connectivity index (χ4n) is 4.34. The lowest BCUT2D eigenvalue weighted by molar-refractivity contribution is 0.0949. The van der Waals surface area contributed by atoms with Gasteiger partial charge in [0.2, 0.25) is 0 Å². The first-order valence-electron chi connectivity index (χ1n) is 10.9. The molecule has 33 heavy (non-hydrogen) atoms. The van der Waals surface area contributed by atoms with Crippen LogP contribution >= 0.6 is 11.3 Å². The number of carbonyl (C=O) groups excluding carboxylic acids is 1. The number of likely N-dealkylation sites (N-methyl/N-ethyl adjacent to an activating group) is 1. The van der Waals surface area contributed by atoms with Crippen LogP contribution in [0.3, 0.4) is 0 Å². The van der Waals surface area contributed by atoms with Crippen molar-refractivity contribution in [2.24, 2.45) is 0 Å². The number of thiophene rings is 1. The number of benzene rings is 2. The largest absolute Gasteiger partial charge is 0.381 e. The van der Waals surface area contributed by atoms with Crippen LogP contribution in [0.4, 0.5) is 11.4 Å². The number of hydrogen-bond acceptors (Lipinski definition) is 6. The maximum absolute atomic E-state index is 12.7. The van der Waals surface area contributed by atoms with E-state index >= 15 is 0 Å². The third kappa shape index (κ3) is 3.63. The fraction of sp³-hybridized carbons (Fsp3) is 0.231. The maximum atomic E-state index is 12.7. The molecule has 0 saturated heterocycles. The van der Waals surface area contributed by atoms with Gasteiger partial charge in [0.05, 0.1) is 16.9 Å². The van der Waals surface area contributed by atoms with E-state index in [1.807, 2.05) is 57.3 Å². The highest BCUT2D eigenvalue weighted by molar-refractivity contribution is 7.21. The van der Waals surface area contributed by atoms with Gasteiger partial charge in [0.15, 0.2) is 0 Å². The number of amides is 1. The number of aliphatic hydroxyl groups is 1. The first kappa shape index (κ1) is 21.4. The summed E-state index contributed by atoms with van der Waals surface area (Å²) in [5.41, 5.74) is 5.58. The Balaban J connectivity index is 1.62. The molecule has 6 nitrogen and oxygen atoms in total. The number of nitrogens with one attached hydrogen (secondary N) is 2. The quantitative estimate of drug-likeness (QED) is 0.299. The maximum Gasteiger partial charge on any atom is 0.263 e. The van der Waals surface area contributed by atoms with E-state index in [2.05, 4.69) is 23.3 Å². The van der Waals surface area contributed by atoms with Gasteiger partial charge in [-0.15, -0.1) is 11.3 Å². The van der Waals surface area contributed by atoms with Gasteiger partial charge in [-0.2, -0.15) is 0 Å². The number of hydrogen-bond donors (Lipinski definition) is 3. The van der Waals surface area contributed by atoms with E-state index in [1.165, 1.54) is 17.4 Å². The van der Waals surface area contributed by atoms with Gasteiger partial charge in [-0.05, 0) is 55.8 Å². The number of fused-ring (bicyclic) bond motifs is 5. The molecule has 168 valence electrons. The number of nitrogens with zero attached hydrogens (tertiary/aromatic N) is 2. The van der Waals surface area contributed by atoms with Gasteiger partial charge in [-0.3, -0.25) is 4.79 Å². The van der Waals surface area contributed by atoms with Crippen LogP contribution in [-0.4, -0.2) is 41.9 Å². The first-order chi connectivity index (χ1) is 15.9. The highest BCUT2D eigenvalue weighted by atomic mass is 32.1. The van der Waals surface area contributed by atoms with E-state index in [0.29, 0.717) is 6.54 Å². The number of aliphatic hydroxyl groups excluding tert-OH is 1. The van der Waals surface area contributed by atoms with Crippen molar-refractivity contribution in [1.29, 1.82) is 0 Å². The van der Waals surface area contributed by atoms with Gasteiger partial charge >= 0.3 is 0 Å². The average molecular weight is 459 g/mol. The van der Waals surface area contributed by atoms with Crippen molar-refractivity contribution in [3.63, 3.8) is 0 Å². The molecule has 0 spiro atoms. The summed E-state index contributed by atoms with van der Waals surface area (Å²) in [4.78, 5) is 20.1. The molecule has 0 radical (unpaired) electrons.